The fourth-order valence-electron chi connectivity index (χ4n) is 2.68. The van der Waals surface area contributed by atoms with E-state index in [-0.39, 0.29) is 5.91 Å². The number of allylic oxidation sites excluding steroid dienone is 1. The van der Waals surface area contributed by atoms with Crippen molar-refractivity contribution >= 4 is 36.2 Å². The van der Waals surface area contributed by atoms with E-state index in [2.05, 4.69) is 32.5 Å². The highest BCUT2D eigenvalue weighted by atomic mass is 127. The van der Waals surface area contributed by atoms with Crippen molar-refractivity contribution < 1.29 is 4.79 Å². The van der Waals surface area contributed by atoms with Crippen LogP contribution in [0.2, 0.25) is 0 Å². The first-order valence-corrected chi connectivity index (χ1v) is 9.26. The molecule has 0 heterocycles. The Kier molecular flexibility index (Phi) is 6.80. The van der Waals surface area contributed by atoms with Gasteiger partial charge >= 0.3 is 0 Å². The maximum absolute atomic E-state index is 11.7. The lowest BCUT2D eigenvalue weighted by atomic mass is 9.78. The Balaban J connectivity index is 2.44. The van der Waals surface area contributed by atoms with Gasteiger partial charge < -0.3 is 0 Å². The molecule has 0 aromatic rings. The van der Waals surface area contributed by atoms with Gasteiger partial charge in [0.15, 0.2) is 0 Å². The predicted octanol–water partition coefficient (Wildman–Crippen LogP) is 4.41. The summed E-state index contributed by atoms with van der Waals surface area (Å²) in [5.41, 5.74) is 0.291. The van der Waals surface area contributed by atoms with Gasteiger partial charge in [-0.1, -0.05) is 18.9 Å². The van der Waals surface area contributed by atoms with E-state index < -0.39 is 0 Å². The number of carbonyl (C=O) groups is 1. The normalized spacial score (nSPS) is 18.3. The highest BCUT2D eigenvalue weighted by Gasteiger charge is 2.35. The molecule has 0 radical (unpaired) electrons. The van der Waals surface area contributed by atoms with E-state index in [1.165, 1.54) is 47.6 Å². The van der Waals surface area contributed by atoms with Crippen LogP contribution in [0.1, 0.15) is 51.4 Å². The summed E-state index contributed by atoms with van der Waals surface area (Å²) in [4.78, 5) is 11.7. The lowest BCUT2D eigenvalue weighted by Gasteiger charge is -2.28. The third kappa shape index (κ3) is 4.65. The van der Waals surface area contributed by atoms with Gasteiger partial charge in [-0.15, -0.1) is 6.58 Å². The van der Waals surface area contributed by atoms with Crippen LogP contribution >= 0.6 is 30.3 Å². The Morgan fingerprint density at radius 1 is 1.50 bits per heavy atom. The first-order valence-electron chi connectivity index (χ1n) is 5.90. The molecule has 1 amide bonds. The fraction of sp³-hybridized carbons (Fsp3) is 0.750. The van der Waals surface area contributed by atoms with E-state index in [0.717, 1.165) is 6.42 Å². The van der Waals surface area contributed by atoms with E-state index in [9.17, 15) is 4.79 Å². The van der Waals surface area contributed by atoms with Crippen molar-refractivity contribution in [3.63, 3.8) is 0 Å². The van der Waals surface area contributed by atoms with E-state index >= 15 is 0 Å². The summed E-state index contributed by atoms with van der Waals surface area (Å²) in [7, 11) is 1.37. The molecule has 0 aliphatic heterocycles. The molecule has 0 unspecified atom stereocenters. The summed E-state index contributed by atoms with van der Waals surface area (Å²) in [6.07, 6.45) is 11.1. The van der Waals surface area contributed by atoms with Gasteiger partial charge in [-0.25, -0.2) is 0 Å². The monoisotopic (exact) mass is 353 g/mol. The predicted molar refractivity (Wildman–Crippen MR) is 79.3 cm³/mol. The Hall–Kier alpha value is 0.290. The van der Waals surface area contributed by atoms with Crippen molar-refractivity contribution in [1.82, 2.24) is 4.72 Å². The van der Waals surface area contributed by atoms with Gasteiger partial charge in [-0.05, 0) is 37.5 Å². The molecule has 92 valence electrons. The van der Waals surface area contributed by atoms with Crippen molar-refractivity contribution in [2.75, 3.05) is 0 Å². The van der Waals surface area contributed by atoms with Crippen molar-refractivity contribution in [2.45, 2.75) is 51.4 Å². The molecule has 4 heteroatoms. The summed E-state index contributed by atoms with van der Waals surface area (Å²) >= 11 is 2.10. The maximum Gasteiger partial charge on any atom is 0.230 e. The molecule has 1 rings (SSSR count). The lowest BCUT2D eigenvalue weighted by molar-refractivity contribution is -0.121. The molecule has 1 aliphatic rings. The van der Waals surface area contributed by atoms with Crippen LogP contribution in [0, 0.1) is 5.41 Å². The molecule has 1 aliphatic carbocycles. The summed E-state index contributed by atoms with van der Waals surface area (Å²) in [6.45, 7) is 3.75. The molecule has 0 atom stereocenters. The van der Waals surface area contributed by atoms with Crippen LogP contribution in [0.5, 0.6) is 0 Å². The summed E-state index contributed by atoms with van der Waals surface area (Å²) < 4.78 is 2.83. The Morgan fingerprint density at radius 2 is 2.19 bits per heavy atom. The molecule has 0 spiro atoms. The first-order chi connectivity index (χ1) is 7.72. The molecular weight excluding hydrogens is 333 g/mol. The number of hydrogen-bond donors (Lipinski definition) is 1. The van der Waals surface area contributed by atoms with Crippen LogP contribution < -0.4 is 4.72 Å². The standard InChI is InChI=1S/C12H20INOS/c1-2-3-4-7-12(8-5-6-9-12)10-11(15)14-16-13/h2H,1,3-10H2,(H,14,15). The smallest absolute Gasteiger partial charge is 0.230 e. The molecule has 0 bridgehead atoms. The van der Waals surface area contributed by atoms with E-state index in [1.807, 2.05) is 6.08 Å². The van der Waals surface area contributed by atoms with Crippen LogP contribution in [0.15, 0.2) is 12.7 Å². The second kappa shape index (κ2) is 7.58. The van der Waals surface area contributed by atoms with Gasteiger partial charge in [0, 0.05) is 36.7 Å². The van der Waals surface area contributed by atoms with Crippen molar-refractivity contribution in [1.29, 1.82) is 0 Å². The van der Waals surface area contributed by atoms with Gasteiger partial charge in [-0.3, -0.25) is 9.52 Å². The minimum atomic E-state index is 0.194. The topological polar surface area (TPSA) is 29.1 Å². The third-order valence-electron chi connectivity index (χ3n) is 3.47. The second-order valence-corrected chi connectivity index (χ2v) is 6.35. The van der Waals surface area contributed by atoms with Crippen molar-refractivity contribution in [3.8, 4) is 0 Å². The fourth-order valence-corrected chi connectivity index (χ4v) is 3.58. The van der Waals surface area contributed by atoms with Crippen LogP contribution in [0.25, 0.3) is 0 Å². The highest BCUT2D eigenvalue weighted by molar-refractivity contribution is 14.2. The number of rotatable bonds is 7. The first kappa shape index (κ1) is 14.4. The number of halogens is 1. The van der Waals surface area contributed by atoms with E-state index in [1.54, 1.807) is 0 Å². The van der Waals surface area contributed by atoms with E-state index in [4.69, 9.17) is 0 Å². The van der Waals surface area contributed by atoms with Gasteiger partial charge in [0.2, 0.25) is 5.91 Å². The number of amides is 1. The number of nitrogens with one attached hydrogen (secondary N) is 1. The average molecular weight is 353 g/mol. The zero-order chi connectivity index (χ0) is 11.9. The number of hydrogen-bond acceptors (Lipinski definition) is 2. The van der Waals surface area contributed by atoms with Crippen molar-refractivity contribution in [2.24, 2.45) is 5.41 Å². The largest absolute Gasteiger partial charge is 0.291 e. The summed E-state index contributed by atoms with van der Waals surface area (Å²) in [5, 5.41) is 0. The molecule has 1 saturated carbocycles. The SMILES string of the molecule is C=CCCCC1(CC(=O)NSI)CCCC1. The van der Waals surface area contributed by atoms with Crippen LogP contribution in [0.3, 0.4) is 0 Å². The van der Waals surface area contributed by atoms with Crippen LogP contribution in [0.4, 0.5) is 0 Å². The molecule has 0 aromatic heterocycles. The van der Waals surface area contributed by atoms with Crippen molar-refractivity contribution in [3.05, 3.63) is 12.7 Å². The van der Waals surface area contributed by atoms with Gasteiger partial charge in [0.1, 0.15) is 0 Å². The second-order valence-electron chi connectivity index (χ2n) is 4.67. The highest BCUT2D eigenvalue weighted by Crippen LogP contribution is 2.45. The Labute approximate surface area is 115 Å². The zero-order valence-corrected chi connectivity index (χ0v) is 12.6. The summed E-state index contributed by atoms with van der Waals surface area (Å²) in [6, 6.07) is 0. The number of carbonyl (C=O) groups excluding carboxylic acids is 1. The van der Waals surface area contributed by atoms with Gasteiger partial charge in [-0.2, -0.15) is 0 Å². The third-order valence-corrected chi connectivity index (χ3v) is 4.43. The lowest BCUT2D eigenvalue weighted by Crippen LogP contribution is -2.26. The zero-order valence-electron chi connectivity index (χ0n) is 9.64. The van der Waals surface area contributed by atoms with Crippen LogP contribution in [-0.2, 0) is 4.79 Å². The Bertz CT molecular complexity index is 239. The molecular formula is C12H20INOS. The maximum atomic E-state index is 11.7. The van der Waals surface area contributed by atoms with Gasteiger partial charge in [0.25, 0.3) is 0 Å². The minimum Gasteiger partial charge on any atom is -0.291 e. The quantitative estimate of drug-likeness (QED) is 0.318. The van der Waals surface area contributed by atoms with Gasteiger partial charge in [0.05, 0.1) is 0 Å². The van der Waals surface area contributed by atoms with Crippen LogP contribution in [-0.4, -0.2) is 5.91 Å². The number of unbranched alkanes of at least 4 members (excludes halogenated alkanes) is 1. The summed E-state index contributed by atoms with van der Waals surface area (Å²) in [5.74, 6) is 0.194. The van der Waals surface area contributed by atoms with E-state index in [0.29, 0.717) is 11.8 Å². The molecule has 1 N–H and O–H groups in total. The molecule has 2 nitrogen and oxygen atoms in total. The average Bonchev–Trinajstić information content (AvgIpc) is 2.67. The molecule has 0 saturated heterocycles. The molecule has 0 aromatic carbocycles. The Morgan fingerprint density at radius 3 is 2.75 bits per heavy atom. The molecule has 16 heavy (non-hydrogen) atoms. The minimum absolute atomic E-state index is 0.194. The molecule has 1 fully saturated rings.